The van der Waals surface area contributed by atoms with Gasteiger partial charge in [-0.3, -0.25) is 9.69 Å². The molecule has 0 unspecified atom stereocenters. The van der Waals surface area contributed by atoms with Crippen molar-refractivity contribution in [2.45, 2.75) is 38.0 Å². The first-order valence-corrected chi connectivity index (χ1v) is 8.28. The van der Waals surface area contributed by atoms with Crippen molar-refractivity contribution in [1.82, 2.24) is 10.2 Å². The van der Waals surface area contributed by atoms with E-state index in [0.29, 0.717) is 6.61 Å². The molecule has 3 atom stereocenters. The number of halogens is 2. The van der Waals surface area contributed by atoms with E-state index < -0.39 is 6.04 Å². The van der Waals surface area contributed by atoms with Gasteiger partial charge in [0.25, 0.3) is 0 Å². The molecule has 0 aromatic heterocycles. The Labute approximate surface area is 161 Å². The largest absolute Gasteiger partial charge is 0.486 e. The molecule has 1 amide bonds. The Balaban J connectivity index is 0.00000156. The molecule has 3 N–H and O–H groups in total. The fourth-order valence-corrected chi connectivity index (χ4v) is 3.11. The van der Waals surface area contributed by atoms with Crippen molar-refractivity contribution >= 4 is 30.7 Å². The minimum absolute atomic E-state index is 0. The highest BCUT2D eigenvalue weighted by Gasteiger charge is 2.27. The molecule has 0 saturated carbocycles. The van der Waals surface area contributed by atoms with E-state index in [0.717, 1.165) is 44.0 Å². The first-order chi connectivity index (χ1) is 11.1. The lowest BCUT2D eigenvalue weighted by Crippen LogP contribution is -2.53. The number of nitrogens with one attached hydrogen (secondary N) is 1. The van der Waals surface area contributed by atoms with Crippen molar-refractivity contribution in [2.75, 3.05) is 26.2 Å². The van der Waals surface area contributed by atoms with Crippen LogP contribution in [0.1, 0.15) is 19.8 Å². The summed E-state index contributed by atoms with van der Waals surface area (Å²) in [5.74, 6) is 1.54. The second kappa shape index (κ2) is 10.1. The molecule has 1 aromatic carbocycles. The molecule has 0 radical (unpaired) electrons. The van der Waals surface area contributed by atoms with Crippen LogP contribution in [0.2, 0.25) is 0 Å². The number of nitrogens with two attached hydrogens (primary N) is 1. The van der Waals surface area contributed by atoms with E-state index in [4.69, 9.17) is 15.2 Å². The first kappa shape index (κ1) is 21.8. The molecule has 6 nitrogen and oxygen atoms in total. The van der Waals surface area contributed by atoms with Crippen LogP contribution < -0.4 is 20.5 Å². The Kier molecular flexibility index (Phi) is 8.79. The zero-order chi connectivity index (χ0) is 16.2. The predicted octanol–water partition coefficient (Wildman–Crippen LogP) is 1.60. The maximum absolute atomic E-state index is 11.7. The smallest absolute Gasteiger partial charge is 0.236 e. The van der Waals surface area contributed by atoms with Crippen LogP contribution in [0.15, 0.2) is 24.3 Å². The number of amides is 1. The number of carbonyl (C=O) groups is 1. The van der Waals surface area contributed by atoms with Gasteiger partial charge in [0.2, 0.25) is 5.91 Å². The van der Waals surface area contributed by atoms with E-state index >= 15 is 0 Å². The molecule has 25 heavy (non-hydrogen) atoms. The predicted molar refractivity (Wildman–Crippen MR) is 102 cm³/mol. The standard InChI is InChI=1S/C17H25N3O3.2ClH/c1-12(18)17(21)19-13-5-4-8-20(9-13)10-14-11-22-15-6-2-3-7-16(15)23-14;;/h2-3,6-7,12-14H,4-5,8-11,18H2,1H3,(H,19,21);2*1H/t12-,13-,14-;;/m0../s1. The highest BCUT2D eigenvalue weighted by molar-refractivity contribution is 5.85. The number of carbonyl (C=O) groups excluding carboxylic acids is 1. The van der Waals surface area contributed by atoms with Gasteiger partial charge in [0, 0.05) is 19.1 Å². The van der Waals surface area contributed by atoms with Crippen molar-refractivity contribution < 1.29 is 14.3 Å². The summed E-state index contributed by atoms with van der Waals surface area (Å²) in [5, 5.41) is 3.02. The van der Waals surface area contributed by atoms with Crippen LogP contribution in [0.5, 0.6) is 11.5 Å². The van der Waals surface area contributed by atoms with E-state index in [1.165, 1.54) is 0 Å². The van der Waals surface area contributed by atoms with Gasteiger partial charge in [0.05, 0.1) is 6.04 Å². The Hall–Kier alpha value is -1.21. The van der Waals surface area contributed by atoms with Crippen LogP contribution in [0.25, 0.3) is 0 Å². The molecule has 1 aromatic rings. The van der Waals surface area contributed by atoms with E-state index in [2.05, 4.69) is 10.2 Å². The average Bonchev–Trinajstić information content (AvgIpc) is 2.55. The Bertz CT molecular complexity index is 560. The lowest BCUT2D eigenvalue weighted by molar-refractivity contribution is -0.123. The summed E-state index contributed by atoms with van der Waals surface area (Å²) in [6, 6.07) is 7.45. The third-order valence-electron chi connectivity index (χ3n) is 4.29. The van der Waals surface area contributed by atoms with Gasteiger partial charge in [-0.1, -0.05) is 12.1 Å². The summed E-state index contributed by atoms with van der Waals surface area (Å²) in [6.07, 6.45) is 2.08. The van der Waals surface area contributed by atoms with Gasteiger partial charge in [-0.2, -0.15) is 0 Å². The fourth-order valence-electron chi connectivity index (χ4n) is 3.11. The number of nitrogens with zero attached hydrogens (tertiary/aromatic N) is 1. The number of benzene rings is 1. The normalized spacial score (nSPS) is 23.6. The summed E-state index contributed by atoms with van der Waals surface area (Å²) in [5.41, 5.74) is 5.62. The van der Waals surface area contributed by atoms with Gasteiger partial charge < -0.3 is 20.5 Å². The van der Waals surface area contributed by atoms with Crippen molar-refractivity contribution in [2.24, 2.45) is 5.73 Å². The quantitative estimate of drug-likeness (QED) is 0.814. The van der Waals surface area contributed by atoms with Gasteiger partial charge in [-0.25, -0.2) is 0 Å². The van der Waals surface area contributed by atoms with Crippen LogP contribution in [0.3, 0.4) is 0 Å². The molecule has 8 heteroatoms. The Morgan fingerprint density at radius 2 is 2.08 bits per heavy atom. The SMILES string of the molecule is C[C@H](N)C(=O)N[C@H]1CCCN(C[C@H]2COc3ccccc3O2)C1.Cl.Cl. The molecule has 1 saturated heterocycles. The number of hydrogen-bond acceptors (Lipinski definition) is 5. The number of fused-ring (bicyclic) bond motifs is 1. The molecular weight excluding hydrogens is 365 g/mol. The highest BCUT2D eigenvalue weighted by atomic mass is 35.5. The lowest BCUT2D eigenvalue weighted by atomic mass is 10.0. The van der Waals surface area contributed by atoms with Gasteiger partial charge in [0.1, 0.15) is 12.7 Å². The lowest BCUT2D eigenvalue weighted by Gasteiger charge is -2.36. The van der Waals surface area contributed by atoms with Gasteiger partial charge in [0.15, 0.2) is 11.5 Å². The fraction of sp³-hybridized carbons (Fsp3) is 0.588. The van der Waals surface area contributed by atoms with Crippen LogP contribution in [0.4, 0.5) is 0 Å². The van der Waals surface area contributed by atoms with Crippen molar-refractivity contribution in [3.8, 4) is 11.5 Å². The average molecular weight is 392 g/mol. The van der Waals surface area contributed by atoms with Gasteiger partial charge in [-0.05, 0) is 38.4 Å². The van der Waals surface area contributed by atoms with Gasteiger partial charge in [-0.15, -0.1) is 24.8 Å². The van der Waals surface area contributed by atoms with Crippen LogP contribution >= 0.6 is 24.8 Å². The zero-order valence-electron chi connectivity index (χ0n) is 14.3. The monoisotopic (exact) mass is 391 g/mol. The van der Waals surface area contributed by atoms with E-state index in [-0.39, 0.29) is 42.9 Å². The first-order valence-electron chi connectivity index (χ1n) is 8.28. The molecule has 142 valence electrons. The topological polar surface area (TPSA) is 76.8 Å². The second-order valence-corrected chi connectivity index (χ2v) is 6.39. The summed E-state index contributed by atoms with van der Waals surface area (Å²) in [6.45, 7) is 4.93. The van der Waals surface area contributed by atoms with Crippen molar-refractivity contribution in [1.29, 1.82) is 0 Å². The number of rotatable bonds is 4. The minimum atomic E-state index is -0.461. The number of ether oxygens (including phenoxy) is 2. The van der Waals surface area contributed by atoms with Crippen molar-refractivity contribution in [3.63, 3.8) is 0 Å². The van der Waals surface area contributed by atoms with Crippen LogP contribution in [-0.4, -0.2) is 55.2 Å². The third-order valence-corrected chi connectivity index (χ3v) is 4.29. The molecule has 0 aliphatic carbocycles. The van der Waals surface area contributed by atoms with E-state index in [1.54, 1.807) is 6.92 Å². The van der Waals surface area contributed by atoms with E-state index in [9.17, 15) is 4.79 Å². The summed E-state index contributed by atoms with van der Waals surface area (Å²) in [7, 11) is 0. The minimum Gasteiger partial charge on any atom is -0.486 e. The van der Waals surface area contributed by atoms with Gasteiger partial charge >= 0.3 is 0 Å². The number of likely N-dealkylation sites (tertiary alicyclic amines) is 1. The third kappa shape index (κ3) is 5.92. The Morgan fingerprint density at radius 3 is 2.80 bits per heavy atom. The van der Waals surface area contributed by atoms with Crippen LogP contribution in [-0.2, 0) is 4.79 Å². The number of hydrogen-bond donors (Lipinski definition) is 2. The molecule has 2 aliphatic heterocycles. The molecule has 3 rings (SSSR count). The second-order valence-electron chi connectivity index (χ2n) is 6.39. The maximum atomic E-state index is 11.7. The summed E-state index contributed by atoms with van der Waals surface area (Å²) >= 11 is 0. The summed E-state index contributed by atoms with van der Waals surface area (Å²) < 4.78 is 11.8. The number of piperidine rings is 1. The maximum Gasteiger partial charge on any atom is 0.236 e. The van der Waals surface area contributed by atoms with E-state index in [1.807, 2.05) is 24.3 Å². The molecule has 2 heterocycles. The summed E-state index contributed by atoms with van der Waals surface area (Å²) in [4.78, 5) is 14.1. The molecule has 2 aliphatic rings. The molecular formula is C17H27Cl2N3O3. The van der Waals surface area contributed by atoms with Crippen molar-refractivity contribution in [3.05, 3.63) is 24.3 Å². The molecule has 1 fully saturated rings. The van der Waals surface area contributed by atoms with Crippen LogP contribution in [0, 0.1) is 0 Å². The molecule has 0 spiro atoms. The zero-order valence-corrected chi connectivity index (χ0v) is 16.0. The molecule has 0 bridgehead atoms. The Morgan fingerprint density at radius 1 is 1.36 bits per heavy atom. The highest BCUT2D eigenvalue weighted by Crippen LogP contribution is 2.31. The number of para-hydroxylation sites is 2.